The van der Waals surface area contributed by atoms with E-state index in [1.807, 2.05) is 0 Å². The predicted molar refractivity (Wildman–Crippen MR) is 78.6 cm³/mol. The zero-order valence-corrected chi connectivity index (χ0v) is 13.4. The Hall–Kier alpha value is -1.38. The minimum absolute atomic E-state index is 0.00696. The summed E-state index contributed by atoms with van der Waals surface area (Å²) < 4.78 is 32.6. The van der Waals surface area contributed by atoms with Gasteiger partial charge in [-0.3, -0.25) is 0 Å². The molecule has 0 radical (unpaired) electrons. The molecule has 0 saturated carbocycles. The Bertz CT molecular complexity index is 721. The monoisotopic (exact) mass is 359 g/mol. The molecule has 0 bridgehead atoms. The maximum atomic E-state index is 12.1. The zero-order chi connectivity index (χ0) is 14.9. The number of rotatable bonds is 4. The number of anilines is 1. The standard InChI is InChI=1S/C12H14BrN3O3S/c1-7-8(2)19-12(16-7)6-15-20(17,18)9-3-4-10(13)11(14)5-9/h3-5,15H,6,14H2,1-2H3. The van der Waals surface area contributed by atoms with E-state index in [1.54, 1.807) is 19.9 Å². The molecule has 2 rings (SSSR count). The Kier molecular flexibility index (Phi) is 4.17. The van der Waals surface area contributed by atoms with Crippen molar-refractivity contribution >= 4 is 31.6 Å². The molecular weight excluding hydrogens is 346 g/mol. The molecule has 0 aliphatic heterocycles. The summed E-state index contributed by atoms with van der Waals surface area (Å²) in [5.74, 6) is 1.00. The molecule has 3 N–H and O–H groups in total. The molecule has 2 aromatic rings. The summed E-state index contributed by atoms with van der Waals surface area (Å²) in [6.45, 7) is 3.56. The van der Waals surface area contributed by atoms with E-state index in [4.69, 9.17) is 10.2 Å². The van der Waals surface area contributed by atoms with E-state index in [1.165, 1.54) is 12.1 Å². The molecule has 0 unspecified atom stereocenters. The second kappa shape index (κ2) is 5.55. The number of aromatic nitrogens is 1. The summed E-state index contributed by atoms with van der Waals surface area (Å²) in [6.07, 6.45) is 0. The minimum Gasteiger partial charge on any atom is -0.444 e. The van der Waals surface area contributed by atoms with Gasteiger partial charge < -0.3 is 10.2 Å². The van der Waals surface area contributed by atoms with Crippen molar-refractivity contribution in [1.29, 1.82) is 0 Å². The lowest BCUT2D eigenvalue weighted by atomic mass is 10.3. The molecule has 6 nitrogen and oxygen atoms in total. The van der Waals surface area contributed by atoms with Crippen LogP contribution in [0.3, 0.4) is 0 Å². The molecule has 108 valence electrons. The zero-order valence-electron chi connectivity index (χ0n) is 11.0. The van der Waals surface area contributed by atoms with Gasteiger partial charge in [-0.05, 0) is 48.0 Å². The highest BCUT2D eigenvalue weighted by molar-refractivity contribution is 9.10. The summed E-state index contributed by atoms with van der Waals surface area (Å²) in [7, 11) is -3.65. The molecule has 0 fully saturated rings. The van der Waals surface area contributed by atoms with Gasteiger partial charge in [0.15, 0.2) is 0 Å². The fourth-order valence-electron chi connectivity index (χ4n) is 1.54. The van der Waals surface area contributed by atoms with Crippen LogP contribution in [0, 0.1) is 13.8 Å². The van der Waals surface area contributed by atoms with Crippen molar-refractivity contribution in [1.82, 2.24) is 9.71 Å². The van der Waals surface area contributed by atoms with Crippen LogP contribution in [0.25, 0.3) is 0 Å². The lowest BCUT2D eigenvalue weighted by molar-refractivity contribution is 0.463. The largest absolute Gasteiger partial charge is 0.444 e. The average molecular weight is 360 g/mol. The first kappa shape index (κ1) is 15.0. The van der Waals surface area contributed by atoms with Gasteiger partial charge in [-0.15, -0.1) is 0 Å². The van der Waals surface area contributed by atoms with Crippen molar-refractivity contribution in [2.45, 2.75) is 25.3 Å². The van der Waals surface area contributed by atoms with Gasteiger partial charge in [0.25, 0.3) is 0 Å². The summed E-state index contributed by atoms with van der Waals surface area (Å²) in [5, 5.41) is 0. The van der Waals surface area contributed by atoms with E-state index in [0.717, 1.165) is 5.69 Å². The number of hydrogen-bond donors (Lipinski definition) is 2. The Morgan fingerprint density at radius 2 is 2.10 bits per heavy atom. The van der Waals surface area contributed by atoms with Gasteiger partial charge in [-0.25, -0.2) is 18.1 Å². The molecule has 1 aromatic carbocycles. The molecule has 0 amide bonds. The summed E-state index contributed by atoms with van der Waals surface area (Å²) in [4.78, 5) is 4.21. The summed E-state index contributed by atoms with van der Waals surface area (Å²) in [6, 6.07) is 4.44. The molecule has 0 aliphatic carbocycles. The van der Waals surface area contributed by atoms with Crippen LogP contribution < -0.4 is 10.5 Å². The van der Waals surface area contributed by atoms with E-state index in [-0.39, 0.29) is 11.4 Å². The maximum absolute atomic E-state index is 12.1. The summed E-state index contributed by atoms with van der Waals surface area (Å²) >= 11 is 3.22. The predicted octanol–water partition coefficient (Wildman–Crippen LogP) is 2.11. The van der Waals surface area contributed by atoms with Crippen LogP contribution in [-0.2, 0) is 16.6 Å². The van der Waals surface area contributed by atoms with Crippen LogP contribution in [0.4, 0.5) is 5.69 Å². The summed E-state index contributed by atoms with van der Waals surface area (Å²) in [5.41, 5.74) is 6.78. The van der Waals surface area contributed by atoms with E-state index in [0.29, 0.717) is 21.8 Å². The van der Waals surface area contributed by atoms with Gasteiger partial charge in [0.05, 0.1) is 17.1 Å². The number of hydrogen-bond acceptors (Lipinski definition) is 5. The third-order valence-corrected chi connectivity index (χ3v) is 4.89. The third kappa shape index (κ3) is 3.20. The molecule has 1 heterocycles. The highest BCUT2D eigenvalue weighted by Gasteiger charge is 2.16. The van der Waals surface area contributed by atoms with Crippen LogP contribution in [0.2, 0.25) is 0 Å². The van der Waals surface area contributed by atoms with Crippen molar-refractivity contribution in [3.8, 4) is 0 Å². The van der Waals surface area contributed by atoms with Crippen molar-refractivity contribution in [2.75, 3.05) is 5.73 Å². The van der Waals surface area contributed by atoms with E-state index < -0.39 is 10.0 Å². The molecule has 0 aliphatic rings. The van der Waals surface area contributed by atoms with Crippen LogP contribution in [0.1, 0.15) is 17.3 Å². The minimum atomic E-state index is -3.65. The smallest absolute Gasteiger partial charge is 0.241 e. The first-order valence-corrected chi connectivity index (χ1v) is 8.05. The first-order chi connectivity index (χ1) is 9.29. The topological polar surface area (TPSA) is 98.2 Å². The van der Waals surface area contributed by atoms with Crippen molar-refractivity contribution in [2.24, 2.45) is 0 Å². The fraction of sp³-hybridized carbons (Fsp3) is 0.250. The number of nitrogens with two attached hydrogens (primary N) is 1. The third-order valence-electron chi connectivity index (χ3n) is 2.76. The van der Waals surface area contributed by atoms with Crippen LogP contribution in [0.15, 0.2) is 32.0 Å². The molecule has 0 spiro atoms. The Labute approximate surface area is 125 Å². The van der Waals surface area contributed by atoms with Gasteiger partial charge in [-0.2, -0.15) is 0 Å². The Balaban J connectivity index is 2.16. The molecule has 8 heteroatoms. The quantitative estimate of drug-likeness (QED) is 0.814. The lowest BCUT2D eigenvalue weighted by Crippen LogP contribution is -2.23. The van der Waals surface area contributed by atoms with E-state index >= 15 is 0 Å². The second-order valence-electron chi connectivity index (χ2n) is 4.26. The van der Waals surface area contributed by atoms with Gasteiger partial charge in [0, 0.05) is 10.2 Å². The van der Waals surface area contributed by atoms with Gasteiger partial charge in [-0.1, -0.05) is 0 Å². The van der Waals surface area contributed by atoms with Crippen LogP contribution >= 0.6 is 15.9 Å². The number of oxazole rings is 1. The normalized spacial score (nSPS) is 11.8. The molecular formula is C12H14BrN3O3S. The van der Waals surface area contributed by atoms with Gasteiger partial charge in [0.1, 0.15) is 5.76 Å². The maximum Gasteiger partial charge on any atom is 0.241 e. The number of nitrogens with zero attached hydrogens (tertiary/aromatic N) is 1. The Morgan fingerprint density at radius 3 is 2.65 bits per heavy atom. The fourth-order valence-corrected chi connectivity index (χ4v) is 2.80. The van der Waals surface area contributed by atoms with Gasteiger partial charge in [0.2, 0.25) is 15.9 Å². The number of benzene rings is 1. The lowest BCUT2D eigenvalue weighted by Gasteiger charge is -2.06. The number of sulfonamides is 1. The number of aryl methyl sites for hydroxylation is 2. The molecule has 20 heavy (non-hydrogen) atoms. The highest BCUT2D eigenvalue weighted by Crippen LogP contribution is 2.22. The number of nitrogen functional groups attached to an aromatic ring is 1. The Morgan fingerprint density at radius 1 is 1.40 bits per heavy atom. The van der Waals surface area contributed by atoms with Crippen LogP contribution in [-0.4, -0.2) is 13.4 Å². The van der Waals surface area contributed by atoms with Crippen molar-refractivity contribution in [3.63, 3.8) is 0 Å². The first-order valence-electron chi connectivity index (χ1n) is 5.77. The van der Waals surface area contributed by atoms with E-state index in [9.17, 15) is 8.42 Å². The van der Waals surface area contributed by atoms with Crippen molar-refractivity contribution < 1.29 is 12.8 Å². The molecule has 0 saturated heterocycles. The number of halogens is 1. The number of nitrogens with one attached hydrogen (secondary N) is 1. The molecule has 0 atom stereocenters. The van der Waals surface area contributed by atoms with Gasteiger partial charge >= 0.3 is 0 Å². The highest BCUT2D eigenvalue weighted by atomic mass is 79.9. The second-order valence-corrected chi connectivity index (χ2v) is 6.88. The van der Waals surface area contributed by atoms with Crippen LogP contribution in [0.5, 0.6) is 0 Å². The SMILES string of the molecule is Cc1nc(CNS(=O)(=O)c2ccc(Br)c(N)c2)oc1C. The molecule has 1 aromatic heterocycles. The average Bonchev–Trinajstić information content (AvgIpc) is 2.70. The van der Waals surface area contributed by atoms with Crippen molar-refractivity contribution in [3.05, 3.63) is 40.0 Å². The van der Waals surface area contributed by atoms with E-state index in [2.05, 4.69) is 25.6 Å².